The Morgan fingerprint density at radius 2 is 1.82 bits per heavy atom. The number of carbonyl (C=O) groups excluding carboxylic acids is 1. The van der Waals surface area contributed by atoms with Crippen molar-refractivity contribution in [2.75, 3.05) is 40.7 Å². The van der Waals surface area contributed by atoms with Gasteiger partial charge in [0.1, 0.15) is 9.71 Å². The summed E-state index contributed by atoms with van der Waals surface area (Å²) < 4.78 is 22.1. The molecule has 0 amide bonds. The molecule has 3 heterocycles. The first-order chi connectivity index (χ1) is 15.8. The molecule has 1 aliphatic heterocycles. The lowest BCUT2D eigenvalue weighted by atomic mass is 9.91. The molecule has 0 aliphatic carbocycles. The predicted molar refractivity (Wildman–Crippen MR) is 130 cm³/mol. The molecule has 3 aromatic rings. The Morgan fingerprint density at radius 1 is 1.15 bits per heavy atom. The lowest BCUT2D eigenvalue weighted by Crippen LogP contribution is -2.28. The molecule has 2 N–H and O–H groups in total. The van der Waals surface area contributed by atoms with E-state index in [0.717, 1.165) is 45.6 Å². The zero-order valence-corrected chi connectivity index (χ0v) is 20.6. The normalized spacial score (nSPS) is 13.8. The first-order valence-corrected chi connectivity index (χ1v) is 11.5. The number of rotatable bonds is 6. The maximum absolute atomic E-state index is 12.8. The fourth-order valence-corrected chi connectivity index (χ4v) is 5.23. The topological polar surface area (TPSA) is 96.1 Å². The molecule has 1 aliphatic rings. The Labute approximate surface area is 197 Å². The maximum atomic E-state index is 12.8. The largest absolute Gasteiger partial charge is 0.493 e. The smallest absolute Gasteiger partial charge is 0.350 e. The lowest BCUT2D eigenvalue weighted by Gasteiger charge is -2.27. The van der Waals surface area contributed by atoms with Crippen molar-refractivity contribution in [3.05, 3.63) is 28.3 Å². The van der Waals surface area contributed by atoms with Crippen LogP contribution < -0.4 is 19.9 Å². The standard InChI is InChI=1S/C24H29N3O5S/c1-12(2)32-24(28)22-20(25)19-18(13-9-16(29-4)21(31-6)17(10-13)30-5)14-11-27(3)8-7-15(14)26-23(19)33-22/h9-10,12H,7-8,11,25H2,1-6H3. The number of anilines is 1. The van der Waals surface area contributed by atoms with E-state index in [1.54, 1.807) is 21.3 Å². The maximum Gasteiger partial charge on any atom is 0.350 e. The van der Waals surface area contributed by atoms with Gasteiger partial charge < -0.3 is 29.6 Å². The van der Waals surface area contributed by atoms with E-state index < -0.39 is 5.97 Å². The number of esters is 1. The third kappa shape index (κ3) is 4.06. The van der Waals surface area contributed by atoms with Crippen molar-refractivity contribution in [3.8, 4) is 28.4 Å². The van der Waals surface area contributed by atoms with Gasteiger partial charge in [0.2, 0.25) is 5.75 Å². The Morgan fingerprint density at radius 3 is 2.39 bits per heavy atom. The molecular weight excluding hydrogens is 442 g/mol. The van der Waals surface area contributed by atoms with Crippen molar-refractivity contribution >= 4 is 33.2 Å². The number of nitrogen functional groups attached to an aromatic ring is 1. The zero-order chi connectivity index (χ0) is 23.9. The summed E-state index contributed by atoms with van der Waals surface area (Å²) in [6.07, 6.45) is 0.564. The zero-order valence-electron chi connectivity index (χ0n) is 19.8. The highest BCUT2D eigenvalue weighted by atomic mass is 32.1. The summed E-state index contributed by atoms with van der Waals surface area (Å²) in [6.45, 7) is 5.25. The number of benzene rings is 1. The van der Waals surface area contributed by atoms with Gasteiger partial charge in [-0.05, 0) is 44.2 Å². The highest BCUT2D eigenvalue weighted by molar-refractivity contribution is 7.21. The van der Waals surface area contributed by atoms with Crippen LogP contribution in [-0.4, -0.2) is 56.9 Å². The van der Waals surface area contributed by atoms with Gasteiger partial charge in [0.25, 0.3) is 0 Å². The van der Waals surface area contributed by atoms with Crippen LogP contribution >= 0.6 is 11.3 Å². The molecule has 0 saturated carbocycles. The second-order valence-electron chi connectivity index (χ2n) is 8.29. The molecule has 0 bridgehead atoms. The summed E-state index contributed by atoms with van der Waals surface area (Å²) in [5, 5.41) is 0.749. The van der Waals surface area contributed by atoms with Crippen molar-refractivity contribution in [1.29, 1.82) is 0 Å². The fourth-order valence-electron chi connectivity index (χ4n) is 4.22. The Bertz CT molecular complexity index is 1200. The molecule has 176 valence electrons. The minimum atomic E-state index is -0.434. The number of thiophene rings is 1. The van der Waals surface area contributed by atoms with Crippen molar-refractivity contribution in [2.45, 2.75) is 32.9 Å². The van der Waals surface area contributed by atoms with Gasteiger partial charge in [0, 0.05) is 36.2 Å². The van der Waals surface area contributed by atoms with Crippen LogP contribution in [0.4, 0.5) is 5.69 Å². The molecule has 0 fully saturated rings. The SMILES string of the molecule is COc1cc(-c2c3c(nc4sc(C(=O)OC(C)C)c(N)c24)CCN(C)C3)cc(OC)c1OC. The number of likely N-dealkylation sites (N-methyl/N-ethyl adjacent to an activating group) is 1. The van der Waals surface area contributed by atoms with E-state index in [9.17, 15) is 4.79 Å². The van der Waals surface area contributed by atoms with Gasteiger partial charge in [0.05, 0.1) is 33.1 Å². The van der Waals surface area contributed by atoms with Gasteiger partial charge in [-0.2, -0.15) is 0 Å². The van der Waals surface area contributed by atoms with Crippen molar-refractivity contribution in [1.82, 2.24) is 9.88 Å². The number of carbonyl (C=O) groups is 1. The minimum Gasteiger partial charge on any atom is -0.493 e. The number of pyridine rings is 1. The van der Waals surface area contributed by atoms with E-state index in [1.165, 1.54) is 11.3 Å². The first kappa shape index (κ1) is 23.1. The summed E-state index contributed by atoms with van der Waals surface area (Å²) in [5.41, 5.74) is 10.8. The van der Waals surface area contributed by atoms with Crippen molar-refractivity contribution in [3.63, 3.8) is 0 Å². The van der Waals surface area contributed by atoms with E-state index in [0.29, 0.717) is 34.4 Å². The number of ether oxygens (including phenoxy) is 4. The quantitative estimate of drug-likeness (QED) is 0.536. The third-order valence-corrected chi connectivity index (χ3v) is 6.78. The van der Waals surface area contributed by atoms with Crippen molar-refractivity contribution < 1.29 is 23.7 Å². The van der Waals surface area contributed by atoms with Gasteiger partial charge >= 0.3 is 5.97 Å². The monoisotopic (exact) mass is 471 g/mol. The summed E-state index contributed by atoms with van der Waals surface area (Å²) in [4.78, 5) is 21.0. The molecule has 0 atom stereocenters. The van der Waals surface area contributed by atoms with E-state index in [-0.39, 0.29) is 6.10 Å². The van der Waals surface area contributed by atoms with E-state index in [2.05, 4.69) is 11.9 Å². The van der Waals surface area contributed by atoms with Gasteiger partial charge in [-0.1, -0.05) is 0 Å². The van der Waals surface area contributed by atoms with Crippen LogP contribution in [0.25, 0.3) is 21.3 Å². The van der Waals surface area contributed by atoms with Gasteiger partial charge in [-0.25, -0.2) is 9.78 Å². The Kier molecular flexibility index (Phi) is 6.36. The second kappa shape index (κ2) is 9.07. The number of hydrogen-bond donors (Lipinski definition) is 1. The molecule has 4 rings (SSSR count). The van der Waals surface area contributed by atoms with Crippen LogP contribution in [-0.2, 0) is 17.7 Å². The Hall–Kier alpha value is -3.04. The molecule has 9 heteroatoms. The summed E-state index contributed by atoms with van der Waals surface area (Å²) in [7, 11) is 6.83. The molecule has 0 spiro atoms. The minimum absolute atomic E-state index is 0.244. The van der Waals surface area contributed by atoms with Crippen LogP contribution in [0.2, 0.25) is 0 Å². The van der Waals surface area contributed by atoms with Crippen LogP contribution in [0.5, 0.6) is 17.2 Å². The second-order valence-corrected chi connectivity index (χ2v) is 9.29. The first-order valence-electron chi connectivity index (χ1n) is 10.7. The van der Waals surface area contributed by atoms with Crippen LogP contribution in [0, 0.1) is 0 Å². The van der Waals surface area contributed by atoms with Crippen LogP contribution in [0.1, 0.15) is 34.8 Å². The Balaban J connectivity index is 2.05. The summed E-state index contributed by atoms with van der Waals surface area (Å²) >= 11 is 1.27. The van der Waals surface area contributed by atoms with E-state index in [4.69, 9.17) is 29.7 Å². The number of hydrogen-bond acceptors (Lipinski definition) is 9. The van der Waals surface area contributed by atoms with E-state index >= 15 is 0 Å². The summed E-state index contributed by atoms with van der Waals surface area (Å²) in [5.74, 6) is 1.17. The number of aromatic nitrogens is 1. The average molecular weight is 472 g/mol. The summed E-state index contributed by atoms with van der Waals surface area (Å²) in [6, 6.07) is 3.82. The molecule has 0 radical (unpaired) electrons. The molecule has 2 aromatic heterocycles. The molecular formula is C24H29N3O5S. The van der Waals surface area contributed by atoms with Gasteiger partial charge in [0.15, 0.2) is 11.5 Å². The average Bonchev–Trinajstić information content (AvgIpc) is 3.12. The molecule has 0 unspecified atom stereocenters. The molecule has 8 nitrogen and oxygen atoms in total. The number of fused-ring (bicyclic) bond motifs is 2. The highest BCUT2D eigenvalue weighted by Gasteiger charge is 2.29. The highest BCUT2D eigenvalue weighted by Crippen LogP contribution is 2.47. The fraction of sp³-hybridized carbons (Fsp3) is 0.417. The van der Waals surface area contributed by atoms with Crippen LogP contribution in [0.3, 0.4) is 0 Å². The molecule has 33 heavy (non-hydrogen) atoms. The molecule has 1 aromatic carbocycles. The van der Waals surface area contributed by atoms with Gasteiger partial charge in [-0.15, -0.1) is 11.3 Å². The van der Waals surface area contributed by atoms with Crippen molar-refractivity contribution in [2.24, 2.45) is 0 Å². The number of methoxy groups -OCH3 is 3. The van der Waals surface area contributed by atoms with Gasteiger partial charge in [-0.3, -0.25) is 0 Å². The number of nitrogens with zero attached hydrogens (tertiary/aromatic N) is 2. The van der Waals surface area contributed by atoms with Crippen LogP contribution in [0.15, 0.2) is 12.1 Å². The third-order valence-electron chi connectivity index (χ3n) is 5.70. The molecule has 0 saturated heterocycles. The lowest BCUT2D eigenvalue weighted by molar-refractivity contribution is 0.0385. The predicted octanol–water partition coefficient (Wildman–Crippen LogP) is 4.12. The number of nitrogens with two attached hydrogens (primary N) is 1. The van der Waals surface area contributed by atoms with E-state index in [1.807, 2.05) is 26.0 Å².